The highest BCUT2D eigenvalue weighted by atomic mass is 16.6. The summed E-state index contributed by atoms with van der Waals surface area (Å²) in [7, 11) is 1.41. The molecular formula is C13H17N5O3. The lowest BCUT2D eigenvalue weighted by Crippen LogP contribution is -2.11. The molecule has 0 bridgehead atoms. The molecule has 1 aromatic carbocycles. The summed E-state index contributed by atoms with van der Waals surface area (Å²) >= 11 is 0. The van der Waals surface area contributed by atoms with Crippen molar-refractivity contribution in [3.8, 4) is 5.75 Å². The van der Waals surface area contributed by atoms with Gasteiger partial charge in [0.05, 0.1) is 30.5 Å². The number of hydrogen-bond acceptors (Lipinski definition) is 6. The average Bonchev–Trinajstić information content (AvgIpc) is 2.92. The highest BCUT2D eigenvalue weighted by molar-refractivity contribution is 5.48. The summed E-state index contributed by atoms with van der Waals surface area (Å²) < 4.78 is 6.63. The fourth-order valence-corrected chi connectivity index (χ4v) is 1.91. The van der Waals surface area contributed by atoms with Crippen molar-refractivity contribution in [2.75, 3.05) is 13.7 Å². The first-order valence-electron chi connectivity index (χ1n) is 6.55. The Bertz CT molecular complexity index is 626. The molecule has 0 aliphatic heterocycles. The number of nitrogens with zero attached hydrogens (tertiary/aromatic N) is 4. The Hall–Kier alpha value is -2.48. The van der Waals surface area contributed by atoms with E-state index in [9.17, 15) is 10.1 Å². The second kappa shape index (κ2) is 6.80. The first-order valence-corrected chi connectivity index (χ1v) is 6.55. The van der Waals surface area contributed by atoms with Gasteiger partial charge in [0, 0.05) is 12.6 Å². The molecule has 0 saturated carbocycles. The highest BCUT2D eigenvalue weighted by Crippen LogP contribution is 2.27. The number of nitrogens with one attached hydrogen (secondary N) is 1. The monoisotopic (exact) mass is 291 g/mol. The fourth-order valence-electron chi connectivity index (χ4n) is 1.91. The molecule has 21 heavy (non-hydrogen) atoms. The molecule has 0 amide bonds. The van der Waals surface area contributed by atoms with Crippen molar-refractivity contribution >= 4 is 5.69 Å². The maximum absolute atomic E-state index is 11.0. The van der Waals surface area contributed by atoms with Crippen molar-refractivity contribution < 1.29 is 9.66 Å². The van der Waals surface area contributed by atoms with Crippen molar-refractivity contribution in [1.29, 1.82) is 0 Å². The van der Waals surface area contributed by atoms with Gasteiger partial charge in [-0.3, -0.25) is 10.1 Å². The summed E-state index contributed by atoms with van der Waals surface area (Å²) in [6.45, 7) is 3.95. The number of ether oxygens (including phenoxy) is 1. The number of rotatable bonds is 7. The molecular weight excluding hydrogens is 274 g/mol. The zero-order valence-electron chi connectivity index (χ0n) is 11.9. The number of nitro groups is 1. The van der Waals surface area contributed by atoms with Gasteiger partial charge in [0.1, 0.15) is 0 Å². The Morgan fingerprint density at radius 1 is 1.48 bits per heavy atom. The van der Waals surface area contributed by atoms with E-state index in [1.54, 1.807) is 16.8 Å². The summed E-state index contributed by atoms with van der Waals surface area (Å²) in [5.41, 5.74) is 1.55. The lowest BCUT2D eigenvalue weighted by molar-refractivity contribution is -0.385. The third kappa shape index (κ3) is 3.76. The minimum Gasteiger partial charge on any atom is -0.490 e. The molecule has 2 rings (SSSR count). The zero-order valence-corrected chi connectivity index (χ0v) is 11.9. The van der Waals surface area contributed by atoms with Gasteiger partial charge in [0.2, 0.25) is 0 Å². The number of methoxy groups -OCH3 is 1. The van der Waals surface area contributed by atoms with Crippen LogP contribution < -0.4 is 10.1 Å². The molecule has 0 unspecified atom stereocenters. The largest absolute Gasteiger partial charge is 0.490 e. The van der Waals surface area contributed by atoms with Crippen LogP contribution in [0.4, 0.5) is 5.69 Å². The summed E-state index contributed by atoms with van der Waals surface area (Å²) in [6, 6.07) is 4.85. The second-order valence-electron chi connectivity index (χ2n) is 4.45. The predicted octanol–water partition coefficient (Wildman–Crippen LogP) is 1.35. The van der Waals surface area contributed by atoms with Gasteiger partial charge in [0.25, 0.3) is 0 Å². The van der Waals surface area contributed by atoms with Crippen LogP contribution in [0.3, 0.4) is 0 Å². The first kappa shape index (κ1) is 14.9. The molecule has 0 spiro atoms. The molecule has 2 aromatic rings. The van der Waals surface area contributed by atoms with Crippen LogP contribution in [0.15, 0.2) is 24.4 Å². The van der Waals surface area contributed by atoms with Crippen molar-refractivity contribution in [3.63, 3.8) is 0 Å². The topological polar surface area (TPSA) is 95.1 Å². The summed E-state index contributed by atoms with van der Waals surface area (Å²) in [5.74, 6) is 0.246. The predicted molar refractivity (Wildman–Crippen MR) is 76.2 cm³/mol. The Morgan fingerprint density at radius 2 is 2.29 bits per heavy atom. The Morgan fingerprint density at radius 3 is 2.95 bits per heavy atom. The van der Waals surface area contributed by atoms with Crippen LogP contribution in [-0.2, 0) is 13.1 Å². The molecule has 0 aliphatic carbocycles. The first-order chi connectivity index (χ1) is 10.1. The molecule has 0 atom stereocenters. The van der Waals surface area contributed by atoms with E-state index in [1.807, 2.05) is 13.1 Å². The quantitative estimate of drug-likeness (QED) is 0.611. The van der Waals surface area contributed by atoms with Gasteiger partial charge in [-0.05, 0) is 18.2 Å². The molecule has 0 fully saturated rings. The van der Waals surface area contributed by atoms with Crippen LogP contribution in [-0.4, -0.2) is 33.6 Å². The minimum absolute atomic E-state index is 0.0528. The van der Waals surface area contributed by atoms with Crippen LogP contribution in [0.2, 0.25) is 0 Å². The van der Waals surface area contributed by atoms with E-state index in [-0.39, 0.29) is 11.4 Å². The van der Waals surface area contributed by atoms with Gasteiger partial charge in [-0.2, -0.15) is 0 Å². The summed E-state index contributed by atoms with van der Waals surface area (Å²) in [5, 5.41) is 22.2. The highest BCUT2D eigenvalue weighted by Gasteiger charge is 2.15. The number of hydrogen-bond donors (Lipinski definition) is 1. The standard InChI is InChI=1S/C13H17N5O3/c1-3-14-7-11-9-17(16-15-11)8-10-4-5-13(21-2)12(6-10)18(19)20/h4-6,9,14H,3,7-8H2,1-2H3. The number of aromatic nitrogens is 3. The number of benzene rings is 1. The molecule has 0 aliphatic rings. The van der Waals surface area contributed by atoms with Gasteiger partial charge < -0.3 is 10.1 Å². The van der Waals surface area contributed by atoms with E-state index >= 15 is 0 Å². The molecule has 1 aromatic heterocycles. The van der Waals surface area contributed by atoms with Crippen molar-refractivity contribution in [1.82, 2.24) is 20.3 Å². The maximum Gasteiger partial charge on any atom is 0.311 e. The van der Waals surface area contributed by atoms with E-state index in [0.717, 1.165) is 17.8 Å². The van der Waals surface area contributed by atoms with Crippen LogP contribution in [0.5, 0.6) is 5.75 Å². The van der Waals surface area contributed by atoms with Gasteiger partial charge in [0.15, 0.2) is 5.75 Å². The molecule has 8 heteroatoms. The van der Waals surface area contributed by atoms with Crippen LogP contribution in [0.1, 0.15) is 18.2 Å². The smallest absolute Gasteiger partial charge is 0.311 e. The average molecular weight is 291 g/mol. The van der Waals surface area contributed by atoms with Crippen LogP contribution >= 0.6 is 0 Å². The Balaban J connectivity index is 2.14. The lowest BCUT2D eigenvalue weighted by Gasteiger charge is -2.04. The maximum atomic E-state index is 11.0. The lowest BCUT2D eigenvalue weighted by atomic mass is 10.2. The molecule has 0 saturated heterocycles. The summed E-state index contributed by atoms with van der Waals surface area (Å²) in [6.07, 6.45) is 1.82. The van der Waals surface area contributed by atoms with Gasteiger partial charge in [-0.15, -0.1) is 5.10 Å². The van der Waals surface area contributed by atoms with Gasteiger partial charge in [-0.25, -0.2) is 4.68 Å². The van der Waals surface area contributed by atoms with E-state index in [0.29, 0.717) is 13.1 Å². The molecule has 8 nitrogen and oxygen atoms in total. The number of nitro benzene ring substituents is 1. The minimum atomic E-state index is -0.458. The Kier molecular flexibility index (Phi) is 4.83. The third-order valence-corrected chi connectivity index (χ3v) is 2.93. The second-order valence-corrected chi connectivity index (χ2v) is 4.45. The van der Waals surface area contributed by atoms with E-state index < -0.39 is 4.92 Å². The van der Waals surface area contributed by atoms with E-state index in [1.165, 1.54) is 13.2 Å². The van der Waals surface area contributed by atoms with E-state index in [4.69, 9.17) is 4.74 Å². The molecule has 1 N–H and O–H groups in total. The Labute approximate surface area is 121 Å². The van der Waals surface area contributed by atoms with Crippen LogP contribution in [0, 0.1) is 10.1 Å². The molecule has 112 valence electrons. The SMILES string of the molecule is CCNCc1cn(Cc2ccc(OC)c([N+](=O)[O-])c2)nn1. The van der Waals surface area contributed by atoms with Crippen molar-refractivity contribution in [2.45, 2.75) is 20.0 Å². The normalized spacial score (nSPS) is 10.6. The third-order valence-electron chi connectivity index (χ3n) is 2.93. The summed E-state index contributed by atoms with van der Waals surface area (Å²) in [4.78, 5) is 10.5. The van der Waals surface area contributed by atoms with Crippen molar-refractivity contribution in [3.05, 3.63) is 45.8 Å². The molecule has 0 radical (unpaired) electrons. The van der Waals surface area contributed by atoms with Crippen molar-refractivity contribution in [2.24, 2.45) is 0 Å². The molecule has 1 heterocycles. The van der Waals surface area contributed by atoms with Gasteiger partial charge >= 0.3 is 5.69 Å². The van der Waals surface area contributed by atoms with Gasteiger partial charge in [-0.1, -0.05) is 18.2 Å². The van der Waals surface area contributed by atoms with Crippen LogP contribution in [0.25, 0.3) is 0 Å². The fraction of sp³-hybridized carbons (Fsp3) is 0.385. The van der Waals surface area contributed by atoms with E-state index in [2.05, 4.69) is 15.6 Å². The zero-order chi connectivity index (χ0) is 15.2.